The van der Waals surface area contributed by atoms with E-state index < -0.39 is 0 Å². The first-order chi connectivity index (χ1) is 22.3. The molecule has 0 aliphatic heterocycles. The maximum atomic E-state index is 2.43. The molecule has 0 bridgehead atoms. The lowest BCUT2D eigenvalue weighted by Crippen LogP contribution is -2.10. The molecule has 0 spiro atoms. The van der Waals surface area contributed by atoms with Gasteiger partial charge >= 0.3 is 0 Å². The number of benzene rings is 7. The van der Waals surface area contributed by atoms with Crippen molar-refractivity contribution in [2.24, 2.45) is 0 Å². The van der Waals surface area contributed by atoms with Crippen LogP contribution in [0.1, 0.15) is 0 Å². The molecule has 0 aliphatic carbocycles. The summed E-state index contributed by atoms with van der Waals surface area (Å²) in [6.45, 7) is 0. The first-order valence-corrected chi connectivity index (χ1v) is 16.1. The number of anilines is 3. The number of fused-ring (bicyclic) bond motifs is 6. The Morgan fingerprint density at radius 1 is 0.444 bits per heavy atom. The van der Waals surface area contributed by atoms with Crippen molar-refractivity contribution in [3.63, 3.8) is 0 Å². The minimum Gasteiger partial charge on any atom is -0.310 e. The average Bonchev–Trinajstić information content (AvgIpc) is 3.65. The highest BCUT2D eigenvalue weighted by Crippen LogP contribution is 2.47. The number of rotatable bonds is 5. The summed E-state index contributed by atoms with van der Waals surface area (Å²) in [6, 6.07) is 61.4. The Bertz CT molecular complexity index is 2470. The highest BCUT2D eigenvalue weighted by atomic mass is 32.1. The monoisotopic (exact) mass is 592 g/mol. The number of aromatic nitrogens is 1. The van der Waals surface area contributed by atoms with E-state index in [4.69, 9.17) is 0 Å². The van der Waals surface area contributed by atoms with Gasteiger partial charge in [0, 0.05) is 48.0 Å². The van der Waals surface area contributed by atoms with Gasteiger partial charge < -0.3 is 9.47 Å². The molecule has 0 aliphatic rings. The minimum atomic E-state index is 1.13. The third kappa shape index (κ3) is 4.16. The fourth-order valence-corrected chi connectivity index (χ4v) is 7.99. The topological polar surface area (TPSA) is 8.17 Å². The fraction of sp³-hybridized carbons (Fsp3) is 0. The summed E-state index contributed by atoms with van der Waals surface area (Å²) in [7, 11) is 0. The van der Waals surface area contributed by atoms with Crippen LogP contribution in [0.2, 0.25) is 0 Å². The molecule has 0 unspecified atom stereocenters. The van der Waals surface area contributed by atoms with Crippen molar-refractivity contribution in [1.29, 1.82) is 0 Å². The molecular formula is C42H28N2S. The maximum absolute atomic E-state index is 2.43. The van der Waals surface area contributed by atoms with Gasteiger partial charge in [-0.25, -0.2) is 0 Å². The van der Waals surface area contributed by atoms with E-state index in [0.29, 0.717) is 0 Å². The second-order valence-electron chi connectivity index (χ2n) is 11.4. The quantitative estimate of drug-likeness (QED) is 0.193. The van der Waals surface area contributed by atoms with Crippen molar-refractivity contribution in [2.75, 3.05) is 4.90 Å². The zero-order valence-corrected chi connectivity index (χ0v) is 25.3. The summed E-state index contributed by atoms with van der Waals surface area (Å²) in [5.74, 6) is 0. The zero-order valence-electron chi connectivity index (χ0n) is 24.5. The number of nitrogens with zero attached hydrogens (tertiary/aromatic N) is 2. The third-order valence-corrected chi connectivity index (χ3v) is 9.90. The van der Waals surface area contributed by atoms with Crippen LogP contribution in [-0.2, 0) is 0 Å². The van der Waals surface area contributed by atoms with Crippen LogP contribution in [0.4, 0.5) is 17.1 Å². The molecule has 45 heavy (non-hydrogen) atoms. The summed E-state index contributed by atoms with van der Waals surface area (Å²) >= 11 is 1.86. The molecule has 0 radical (unpaired) electrons. The molecule has 0 atom stereocenters. The molecule has 3 heteroatoms. The van der Waals surface area contributed by atoms with E-state index in [1.807, 2.05) is 11.3 Å². The summed E-state index contributed by atoms with van der Waals surface area (Å²) < 4.78 is 5.02. The Hall–Kier alpha value is -5.64. The van der Waals surface area contributed by atoms with E-state index in [-0.39, 0.29) is 0 Å². The van der Waals surface area contributed by atoms with Crippen LogP contribution in [0.15, 0.2) is 170 Å². The van der Waals surface area contributed by atoms with Gasteiger partial charge in [-0.05, 0) is 71.8 Å². The van der Waals surface area contributed by atoms with Crippen molar-refractivity contribution in [2.45, 2.75) is 0 Å². The van der Waals surface area contributed by atoms with E-state index in [0.717, 1.165) is 22.7 Å². The Morgan fingerprint density at radius 3 is 1.89 bits per heavy atom. The first-order valence-electron chi connectivity index (χ1n) is 15.3. The third-order valence-electron chi connectivity index (χ3n) is 8.77. The minimum absolute atomic E-state index is 1.13. The van der Waals surface area contributed by atoms with Gasteiger partial charge in [-0.15, -0.1) is 11.3 Å². The van der Waals surface area contributed by atoms with Crippen LogP contribution in [0.25, 0.3) is 58.8 Å². The van der Waals surface area contributed by atoms with Gasteiger partial charge in [-0.2, -0.15) is 0 Å². The number of para-hydroxylation sites is 2. The summed E-state index contributed by atoms with van der Waals surface area (Å²) in [5.41, 5.74) is 9.39. The fourth-order valence-electron chi connectivity index (χ4n) is 6.85. The van der Waals surface area contributed by atoms with Crippen LogP contribution in [0.5, 0.6) is 0 Å². The molecule has 9 aromatic rings. The van der Waals surface area contributed by atoms with Crippen molar-refractivity contribution in [3.05, 3.63) is 170 Å². The molecule has 2 heterocycles. The van der Waals surface area contributed by atoms with Crippen LogP contribution in [-0.4, -0.2) is 4.57 Å². The van der Waals surface area contributed by atoms with Crippen LogP contribution in [0.3, 0.4) is 0 Å². The highest BCUT2D eigenvalue weighted by molar-refractivity contribution is 7.25. The molecule has 0 N–H and O–H groups in total. The van der Waals surface area contributed by atoms with Crippen molar-refractivity contribution in [3.8, 4) is 16.8 Å². The lowest BCUT2D eigenvalue weighted by atomic mass is 9.98. The Morgan fingerprint density at radius 2 is 1.09 bits per heavy atom. The predicted octanol–water partition coefficient (Wildman–Crippen LogP) is 12.3. The molecule has 7 aromatic carbocycles. The highest BCUT2D eigenvalue weighted by Gasteiger charge is 2.23. The first kappa shape index (κ1) is 25.8. The van der Waals surface area contributed by atoms with Crippen LogP contribution >= 0.6 is 11.3 Å². The van der Waals surface area contributed by atoms with E-state index in [1.54, 1.807) is 0 Å². The summed E-state index contributed by atoms with van der Waals surface area (Å²) in [6.07, 6.45) is 0. The van der Waals surface area contributed by atoms with Crippen LogP contribution in [0, 0.1) is 0 Å². The second kappa shape index (κ2) is 10.5. The van der Waals surface area contributed by atoms with Gasteiger partial charge in [0.05, 0.1) is 16.7 Å². The normalized spacial score (nSPS) is 11.6. The van der Waals surface area contributed by atoms with Crippen molar-refractivity contribution in [1.82, 2.24) is 4.57 Å². The molecule has 2 aromatic heterocycles. The maximum Gasteiger partial charge on any atom is 0.0562 e. The summed E-state index contributed by atoms with van der Waals surface area (Å²) in [5, 5.41) is 5.10. The van der Waals surface area contributed by atoms with Gasteiger partial charge in [0.2, 0.25) is 0 Å². The average molecular weight is 593 g/mol. The molecule has 2 nitrogen and oxygen atoms in total. The van der Waals surface area contributed by atoms with E-state index in [2.05, 4.69) is 179 Å². The molecule has 0 saturated carbocycles. The molecule has 0 amide bonds. The van der Waals surface area contributed by atoms with Crippen molar-refractivity contribution >= 4 is 70.4 Å². The molecule has 9 rings (SSSR count). The second-order valence-corrected chi connectivity index (χ2v) is 12.4. The SMILES string of the molecule is c1ccc(-c2cccc3c2c2c(N(c4ccccc4)c4ccc5c(c4)sc4ccccc45)cccc2n3-c2ccccc2)cc1. The smallest absolute Gasteiger partial charge is 0.0562 e. The van der Waals surface area contributed by atoms with E-state index >= 15 is 0 Å². The molecule has 0 saturated heterocycles. The standard InChI is InChI=1S/C42H28N2S/c1-4-14-29(15-5-1)33-21-12-22-36-41(33)42-37(23-13-24-38(42)44(36)31-18-8-3-9-19-31)43(30-16-6-2-7-17-30)32-26-27-35-34-20-10-11-25-39(34)45-40(35)28-32/h1-28H. The van der Waals surface area contributed by atoms with Gasteiger partial charge in [0.15, 0.2) is 0 Å². The lowest BCUT2D eigenvalue weighted by molar-refractivity contribution is 1.18. The van der Waals surface area contributed by atoms with Gasteiger partial charge in [-0.1, -0.05) is 109 Å². The van der Waals surface area contributed by atoms with E-state index in [1.165, 1.54) is 53.1 Å². The largest absolute Gasteiger partial charge is 0.310 e. The van der Waals surface area contributed by atoms with Crippen molar-refractivity contribution < 1.29 is 0 Å². The molecular weight excluding hydrogens is 565 g/mol. The van der Waals surface area contributed by atoms with Crippen LogP contribution < -0.4 is 4.90 Å². The van der Waals surface area contributed by atoms with Gasteiger partial charge in [0.1, 0.15) is 0 Å². The predicted molar refractivity (Wildman–Crippen MR) is 194 cm³/mol. The number of hydrogen-bond donors (Lipinski definition) is 0. The molecule has 0 fully saturated rings. The summed E-state index contributed by atoms with van der Waals surface area (Å²) in [4.78, 5) is 2.43. The van der Waals surface area contributed by atoms with Gasteiger partial charge in [-0.3, -0.25) is 0 Å². The lowest BCUT2D eigenvalue weighted by Gasteiger charge is -2.26. The van der Waals surface area contributed by atoms with E-state index in [9.17, 15) is 0 Å². The Balaban J connectivity index is 1.40. The Labute approximate surface area is 265 Å². The van der Waals surface area contributed by atoms with Gasteiger partial charge in [0.25, 0.3) is 0 Å². The molecule has 212 valence electrons. The zero-order chi connectivity index (χ0) is 29.7. The number of hydrogen-bond acceptors (Lipinski definition) is 2. The Kier molecular flexibility index (Phi) is 6.03. The number of thiophene rings is 1.